The number of anilines is 1. The van der Waals surface area contributed by atoms with Gasteiger partial charge in [0.25, 0.3) is 5.91 Å². The Morgan fingerprint density at radius 2 is 2.10 bits per heavy atom. The molecule has 0 saturated carbocycles. The summed E-state index contributed by atoms with van der Waals surface area (Å²) in [5.74, 6) is -1.05. The number of aromatic hydroxyl groups is 1. The van der Waals surface area contributed by atoms with E-state index in [2.05, 4.69) is 10.4 Å². The second kappa shape index (κ2) is 5.19. The molecule has 0 bridgehead atoms. The van der Waals surface area contributed by atoms with Gasteiger partial charge in [-0.25, -0.2) is 13.6 Å². The SMILES string of the molecule is Cc1cccc(C(=O)Nc2nn(C)cc2S(N)(=O)=O)c1O. The van der Waals surface area contributed by atoms with Crippen molar-refractivity contribution in [1.82, 2.24) is 9.78 Å². The average molecular weight is 310 g/mol. The average Bonchev–Trinajstić information content (AvgIpc) is 2.73. The van der Waals surface area contributed by atoms with E-state index in [1.807, 2.05) is 0 Å². The number of phenols is 1. The number of sulfonamides is 1. The summed E-state index contributed by atoms with van der Waals surface area (Å²) in [6.07, 6.45) is 1.18. The van der Waals surface area contributed by atoms with Crippen LogP contribution >= 0.6 is 0 Å². The fraction of sp³-hybridized carbons (Fsp3) is 0.167. The van der Waals surface area contributed by atoms with Crippen LogP contribution in [0.2, 0.25) is 0 Å². The smallest absolute Gasteiger partial charge is 0.260 e. The molecule has 2 rings (SSSR count). The Labute approximate surface area is 121 Å². The van der Waals surface area contributed by atoms with Crippen LogP contribution < -0.4 is 10.5 Å². The van der Waals surface area contributed by atoms with Gasteiger partial charge in [0, 0.05) is 13.2 Å². The maximum Gasteiger partial charge on any atom is 0.260 e. The van der Waals surface area contributed by atoms with E-state index in [1.165, 1.54) is 24.0 Å². The minimum atomic E-state index is -4.02. The van der Waals surface area contributed by atoms with Crippen LogP contribution in [0.3, 0.4) is 0 Å². The van der Waals surface area contributed by atoms with Gasteiger partial charge in [-0.3, -0.25) is 9.48 Å². The number of nitrogens with zero attached hydrogens (tertiary/aromatic N) is 2. The predicted molar refractivity (Wildman–Crippen MR) is 75.4 cm³/mol. The summed E-state index contributed by atoms with van der Waals surface area (Å²) in [6.45, 7) is 1.64. The van der Waals surface area contributed by atoms with Crippen LogP contribution in [0, 0.1) is 6.92 Å². The van der Waals surface area contributed by atoms with Gasteiger partial charge in [0.05, 0.1) is 5.56 Å². The summed E-state index contributed by atoms with van der Waals surface area (Å²) < 4.78 is 24.1. The summed E-state index contributed by atoms with van der Waals surface area (Å²) in [5.41, 5.74) is 0.538. The molecule has 0 spiro atoms. The third-order valence-electron chi connectivity index (χ3n) is 2.82. The van der Waals surface area contributed by atoms with Gasteiger partial charge < -0.3 is 10.4 Å². The topological polar surface area (TPSA) is 127 Å². The molecule has 112 valence electrons. The number of phenolic OH excluding ortho intramolecular Hbond substituents is 1. The van der Waals surface area contributed by atoms with Crippen LogP contribution in [-0.4, -0.2) is 29.2 Å². The lowest BCUT2D eigenvalue weighted by Gasteiger charge is -2.07. The number of hydrogen-bond donors (Lipinski definition) is 3. The van der Waals surface area contributed by atoms with Gasteiger partial charge in [0.2, 0.25) is 10.0 Å². The van der Waals surface area contributed by atoms with Crippen molar-refractivity contribution in [3.8, 4) is 5.75 Å². The van der Waals surface area contributed by atoms with Gasteiger partial charge in [-0.15, -0.1) is 0 Å². The lowest BCUT2D eigenvalue weighted by atomic mass is 10.1. The van der Waals surface area contributed by atoms with Gasteiger partial charge in [-0.1, -0.05) is 12.1 Å². The maximum absolute atomic E-state index is 12.1. The number of hydrogen-bond acceptors (Lipinski definition) is 5. The van der Waals surface area contributed by atoms with Crippen molar-refractivity contribution in [3.05, 3.63) is 35.5 Å². The number of nitrogens with two attached hydrogens (primary N) is 1. The standard InChI is InChI=1S/C12H14N4O4S/c1-7-4-3-5-8(10(7)17)12(18)14-11-9(21(13,19)20)6-16(2)15-11/h3-6,17H,1-2H3,(H2,13,19,20)(H,14,15,18). The van der Waals surface area contributed by atoms with Crippen LogP contribution in [0.15, 0.2) is 29.3 Å². The van der Waals surface area contributed by atoms with Gasteiger partial charge in [0.15, 0.2) is 5.82 Å². The summed E-state index contributed by atoms with van der Waals surface area (Å²) in [6, 6.07) is 4.66. The number of amides is 1. The molecule has 1 heterocycles. The molecule has 1 aromatic carbocycles. The van der Waals surface area contributed by atoms with Gasteiger partial charge in [-0.2, -0.15) is 5.10 Å². The number of nitrogens with one attached hydrogen (secondary N) is 1. The molecule has 2 aromatic rings. The van der Waals surface area contributed by atoms with E-state index in [1.54, 1.807) is 19.1 Å². The second-order valence-corrected chi connectivity index (χ2v) is 6.02. The number of para-hydroxylation sites is 1. The highest BCUT2D eigenvalue weighted by Crippen LogP contribution is 2.24. The molecular weight excluding hydrogens is 296 g/mol. The summed E-state index contributed by atoms with van der Waals surface area (Å²) >= 11 is 0. The van der Waals surface area contributed by atoms with Crippen LogP contribution in [0.5, 0.6) is 5.75 Å². The molecule has 0 radical (unpaired) electrons. The molecule has 21 heavy (non-hydrogen) atoms. The van der Waals surface area contributed by atoms with E-state index >= 15 is 0 Å². The third kappa shape index (κ3) is 3.03. The van der Waals surface area contributed by atoms with Gasteiger partial charge >= 0.3 is 0 Å². The molecule has 0 atom stereocenters. The Bertz CT molecular complexity index is 811. The number of primary sulfonamides is 1. The minimum Gasteiger partial charge on any atom is -0.507 e. The Morgan fingerprint density at radius 3 is 2.71 bits per heavy atom. The number of aromatic nitrogens is 2. The molecule has 0 aliphatic rings. The third-order valence-corrected chi connectivity index (χ3v) is 3.73. The number of benzene rings is 1. The molecule has 8 nitrogen and oxygen atoms in total. The fourth-order valence-corrected chi connectivity index (χ4v) is 2.44. The largest absolute Gasteiger partial charge is 0.507 e. The van der Waals surface area contributed by atoms with E-state index < -0.39 is 15.9 Å². The predicted octanol–water partition coefficient (Wildman–Crippen LogP) is 0.334. The lowest BCUT2D eigenvalue weighted by molar-refractivity contribution is 0.102. The van der Waals surface area contributed by atoms with Crippen molar-refractivity contribution in [2.45, 2.75) is 11.8 Å². The first-order valence-electron chi connectivity index (χ1n) is 5.86. The molecule has 0 fully saturated rings. The Balaban J connectivity index is 2.39. The van der Waals surface area contributed by atoms with Crippen molar-refractivity contribution < 1.29 is 18.3 Å². The van der Waals surface area contributed by atoms with Crippen molar-refractivity contribution in [3.63, 3.8) is 0 Å². The summed E-state index contributed by atoms with van der Waals surface area (Å²) in [7, 11) is -2.52. The molecule has 9 heteroatoms. The fourth-order valence-electron chi connectivity index (χ4n) is 1.78. The highest BCUT2D eigenvalue weighted by atomic mass is 32.2. The molecule has 4 N–H and O–H groups in total. The first kappa shape index (κ1) is 15.0. The second-order valence-electron chi connectivity index (χ2n) is 4.49. The summed E-state index contributed by atoms with van der Waals surface area (Å²) in [5, 5.41) is 21.1. The van der Waals surface area contributed by atoms with E-state index in [9.17, 15) is 18.3 Å². The molecule has 0 saturated heterocycles. The molecule has 0 aliphatic carbocycles. The zero-order valence-electron chi connectivity index (χ0n) is 11.4. The van der Waals surface area contributed by atoms with Crippen molar-refractivity contribution >= 4 is 21.7 Å². The summed E-state index contributed by atoms with van der Waals surface area (Å²) in [4.78, 5) is 11.8. The highest BCUT2D eigenvalue weighted by Gasteiger charge is 2.21. The van der Waals surface area contributed by atoms with E-state index in [4.69, 9.17) is 5.14 Å². The Kier molecular flexibility index (Phi) is 3.71. The van der Waals surface area contributed by atoms with E-state index in [-0.39, 0.29) is 22.0 Å². The lowest BCUT2D eigenvalue weighted by Crippen LogP contribution is -2.18. The van der Waals surface area contributed by atoms with Gasteiger partial charge in [0.1, 0.15) is 10.6 Å². The molecule has 1 aromatic heterocycles. The van der Waals surface area contributed by atoms with Crippen LogP contribution in [0.1, 0.15) is 15.9 Å². The monoisotopic (exact) mass is 310 g/mol. The first-order valence-corrected chi connectivity index (χ1v) is 7.41. The minimum absolute atomic E-state index is 0.0148. The van der Waals surface area contributed by atoms with Crippen LogP contribution in [-0.2, 0) is 17.1 Å². The van der Waals surface area contributed by atoms with Crippen LogP contribution in [0.25, 0.3) is 0 Å². The van der Waals surface area contributed by atoms with Crippen molar-refractivity contribution in [2.24, 2.45) is 12.2 Å². The van der Waals surface area contributed by atoms with Crippen molar-refractivity contribution in [1.29, 1.82) is 0 Å². The molecule has 1 amide bonds. The maximum atomic E-state index is 12.1. The Morgan fingerprint density at radius 1 is 1.43 bits per heavy atom. The highest BCUT2D eigenvalue weighted by molar-refractivity contribution is 7.89. The number of rotatable bonds is 3. The van der Waals surface area contributed by atoms with E-state index in [0.717, 1.165) is 0 Å². The number of carbonyl (C=O) groups excluding carboxylic acids is 1. The zero-order chi connectivity index (χ0) is 15.8. The van der Waals surface area contributed by atoms with Gasteiger partial charge in [-0.05, 0) is 18.6 Å². The number of carbonyl (C=O) groups is 1. The van der Waals surface area contributed by atoms with E-state index in [0.29, 0.717) is 5.56 Å². The first-order chi connectivity index (χ1) is 9.70. The zero-order valence-corrected chi connectivity index (χ0v) is 12.2. The Hall–Kier alpha value is -2.39. The molecule has 0 aliphatic heterocycles. The quantitative estimate of drug-likeness (QED) is 0.753. The van der Waals surface area contributed by atoms with Crippen LogP contribution in [0.4, 0.5) is 5.82 Å². The molecule has 0 unspecified atom stereocenters. The normalized spacial score (nSPS) is 11.4. The number of aryl methyl sites for hydroxylation is 2. The van der Waals surface area contributed by atoms with Crippen molar-refractivity contribution in [2.75, 3.05) is 5.32 Å². The molecular formula is C12H14N4O4S.